The Bertz CT molecular complexity index is 1270. The minimum Gasteiger partial charge on any atom is -0.378 e. The molecule has 0 radical (unpaired) electrons. The van der Waals surface area contributed by atoms with E-state index in [1.165, 1.54) is 0 Å². The summed E-state index contributed by atoms with van der Waals surface area (Å²) in [5.74, 6) is -1.28. The van der Waals surface area contributed by atoms with Gasteiger partial charge in [-0.25, -0.2) is 0 Å². The SMILES string of the molecule is CNCCOCCOCCOCCNC(=O)CN(CC=O)CCN(CCN(CC(=O)NCCOCCOCCOCCN)CC(=O)NCCOCCOCCOCCN)CC(=O)NCCOCCOCCOCCN. The molecule has 0 aromatic carbocycles. The number of nitrogens with two attached hydrogens (primary N) is 3. The van der Waals surface area contributed by atoms with Crippen LogP contribution in [0.3, 0.4) is 0 Å². The number of ether oxygens (including phenoxy) is 12. The van der Waals surface area contributed by atoms with Crippen LogP contribution in [0.1, 0.15) is 0 Å². The van der Waals surface area contributed by atoms with Gasteiger partial charge in [0.1, 0.15) is 6.29 Å². The highest BCUT2D eigenvalue weighted by Crippen LogP contribution is 1.98. The summed E-state index contributed by atoms with van der Waals surface area (Å²) in [6, 6.07) is 0. The molecule has 0 aliphatic carbocycles. The Kier molecular flexibility index (Phi) is 56.0. The lowest BCUT2D eigenvalue weighted by molar-refractivity contribution is -0.126. The van der Waals surface area contributed by atoms with E-state index in [2.05, 4.69) is 26.6 Å². The standard InChI is InChI=1S/C47H97N11O17/c1-51-5-19-67-27-35-75-39-31-69-21-7-53-45(61)41-57(14-15-59)11-10-56(40-44(60)52-6-20-68-28-36-72-32-24-64-16-2-48)12-13-58(42-46(62)54-8-22-70-29-37-73-33-25-65-17-3-49)43-47(63)55-9-23-71-30-38-74-34-26-66-18-4-50/h15,51H,2-14,16-43,48-50H2,1H3,(H,52,60)(H,53,61)(H,54,62)(H,55,63). The van der Waals surface area contributed by atoms with E-state index in [1.54, 1.807) is 9.80 Å². The van der Waals surface area contributed by atoms with Crippen molar-refractivity contribution in [2.75, 3.05) is 277 Å². The Morgan fingerprint density at radius 1 is 0.333 bits per heavy atom. The summed E-state index contributed by atoms with van der Waals surface area (Å²) < 4.78 is 65.4. The third-order valence-corrected chi connectivity index (χ3v) is 9.80. The van der Waals surface area contributed by atoms with Gasteiger partial charge in [-0.1, -0.05) is 0 Å². The zero-order chi connectivity index (χ0) is 54.8. The zero-order valence-corrected chi connectivity index (χ0v) is 45.1. The number of amides is 4. The molecule has 0 unspecified atom stereocenters. The van der Waals surface area contributed by atoms with Gasteiger partial charge in [-0.3, -0.25) is 33.9 Å². The molecule has 0 aliphatic heterocycles. The fourth-order valence-electron chi connectivity index (χ4n) is 6.07. The lowest BCUT2D eigenvalue weighted by Crippen LogP contribution is -2.49. The highest BCUT2D eigenvalue weighted by Gasteiger charge is 2.19. The molecule has 75 heavy (non-hydrogen) atoms. The summed E-state index contributed by atoms with van der Waals surface area (Å²) in [6.07, 6.45) is 0.708. The van der Waals surface area contributed by atoms with Crippen LogP contribution in [0, 0.1) is 0 Å². The average molecular weight is 1090 g/mol. The van der Waals surface area contributed by atoms with Gasteiger partial charge in [0.05, 0.1) is 191 Å². The molecule has 442 valence electrons. The maximum Gasteiger partial charge on any atom is 0.234 e. The monoisotopic (exact) mass is 1090 g/mol. The average Bonchev–Trinajstić information content (AvgIpc) is 3.39. The van der Waals surface area contributed by atoms with E-state index in [0.29, 0.717) is 158 Å². The molecule has 0 spiro atoms. The van der Waals surface area contributed by atoms with E-state index >= 15 is 0 Å². The van der Waals surface area contributed by atoms with Gasteiger partial charge < -0.3 is 105 Å². The number of aldehydes is 1. The van der Waals surface area contributed by atoms with Gasteiger partial charge in [0.2, 0.25) is 23.6 Å². The Balaban J connectivity index is 5.51. The first kappa shape index (κ1) is 71.8. The first-order chi connectivity index (χ1) is 36.8. The van der Waals surface area contributed by atoms with Gasteiger partial charge in [-0.05, 0) is 7.05 Å². The van der Waals surface area contributed by atoms with E-state index in [1.807, 2.05) is 11.9 Å². The third kappa shape index (κ3) is 54.0. The van der Waals surface area contributed by atoms with E-state index in [-0.39, 0.29) is 135 Å². The smallest absolute Gasteiger partial charge is 0.234 e. The van der Waals surface area contributed by atoms with Crippen molar-refractivity contribution in [3.63, 3.8) is 0 Å². The van der Waals surface area contributed by atoms with Crippen LogP contribution in [0.15, 0.2) is 0 Å². The topological polar surface area (TPSA) is 344 Å². The number of hydrogen-bond donors (Lipinski definition) is 8. The Labute approximate surface area is 445 Å². The maximum absolute atomic E-state index is 13.3. The van der Waals surface area contributed by atoms with Gasteiger partial charge in [-0.15, -0.1) is 0 Å². The van der Waals surface area contributed by atoms with E-state index in [0.717, 1.165) is 6.54 Å². The van der Waals surface area contributed by atoms with Crippen molar-refractivity contribution in [2.45, 2.75) is 0 Å². The predicted molar refractivity (Wildman–Crippen MR) is 278 cm³/mol. The molecule has 28 heteroatoms. The van der Waals surface area contributed by atoms with Gasteiger partial charge in [-0.2, -0.15) is 0 Å². The van der Waals surface area contributed by atoms with Crippen LogP contribution in [0.25, 0.3) is 0 Å². The van der Waals surface area contributed by atoms with Gasteiger partial charge >= 0.3 is 0 Å². The summed E-state index contributed by atoms with van der Waals surface area (Å²) in [7, 11) is 1.86. The first-order valence-electron chi connectivity index (χ1n) is 26.1. The largest absolute Gasteiger partial charge is 0.378 e. The van der Waals surface area contributed by atoms with Crippen LogP contribution in [-0.4, -0.2) is 321 Å². The fraction of sp³-hybridized carbons (Fsp3) is 0.894. The summed E-state index contributed by atoms with van der Waals surface area (Å²) in [4.78, 5) is 69.6. The summed E-state index contributed by atoms with van der Waals surface area (Å²) in [6.45, 7) is 12.8. The summed E-state index contributed by atoms with van der Waals surface area (Å²) >= 11 is 0. The van der Waals surface area contributed by atoms with Crippen LogP contribution < -0.4 is 43.8 Å². The van der Waals surface area contributed by atoms with Crippen molar-refractivity contribution in [1.29, 1.82) is 0 Å². The Hall–Kier alpha value is -3.21. The lowest BCUT2D eigenvalue weighted by Gasteiger charge is -2.29. The van der Waals surface area contributed by atoms with Crippen molar-refractivity contribution in [2.24, 2.45) is 17.2 Å². The molecular formula is C47H97N11O17. The number of hydrogen-bond acceptors (Lipinski definition) is 24. The molecule has 0 heterocycles. The number of carbonyl (C=O) groups is 5. The number of rotatable bonds is 61. The highest BCUT2D eigenvalue weighted by atomic mass is 16.6. The molecule has 4 amide bonds. The Morgan fingerprint density at radius 2 is 0.560 bits per heavy atom. The second kappa shape index (κ2) is 58.5. The van der Waals surface area contributed by atoms with Crippen molar-refractivity contribution in [3.8, 4) is 0 Å². The lowest BCUT2D eigenvalue weighted by atomic mass is 10.3. The normalized spacial score (nSPS) is 11.5. The third-order valence-electron chi connectivity index (χ3n) is 9.80. The molecule has 0 aromatic rings. The molecule has 0 atom stereocenters. The molecule has 0 aliphatic rings. The molecule has 11 N–H and O–H groups in total. The second-order valence-electron chi connectivity index (χ2n) is 16.1. The first-order valence-corrected chi connectivity index (χ1v) is 26.1. The molecule has 0 saturated heterocycles. The van der Waals surface area contributed by atoms with Crippen LogP contribution in [0.2, 0.25) is 0 Å². The molecule has 0 bridgehead atoms. The van der Waals surface area contributed by atoms with Gasteiger partial charge in [0.15, 0.2) is 0 Å². The van der Waals surface area contributed by atoms with E-state index in [9.17, 15) is 24.0 Å². The fourth-order valence-corrected chi connectivity index (χ4v) is 6.07. The van der Waals surface area contributed by atoms with Crippen molar-refractivity contribution in [3.05, 3.63) is 0 Å². The van der Waals surface area contributed by atoms with Crippen molar-refractivity contribution >= 4 is 29.9 Å². The van der Waals surface area contributed by atoms with Crippen LogP contribution >= 0.6 is 0 Å². The molecule has 28 nitrogen and oxygen atoms in total. The molecular weight excluding hydrogens is 991 g/mol. The minimum atomic E-state index is -0.339. The molecule has 0 aromatic heterocycles. The van der Waals surface area contributed by atoms with E-state index in [4.69, 9.17) is 74.0 Å². The predicted octanol–water partition coefficient (Wildman–Crippen LogP) is -6.15. The number of carbonyl (C=O) groups excluding carboxylic acids is 5. The van der Waals surface area contributed by atoms with Crippen molar-refractivity contribution in [1.82, 2.24) is 41.3 Å². The summed E-state index contributed by atoms with van der Waals surface area (Å²) in [5.41, 5.74) is 16.2. The van der Waals surface area contributed by atoms with Crippen molar-refractivity contribution < 1.29 is 80.8 Å². The number of nitrogens with one attached hydrogen (secondary N) is 5. The second-order valence-corrected chi connectivity index (χ2v) is 16.1. The molecule has 0 fully saturated rings. The Morgan fingerprint density at radius 3 is 0.840 bits per heavy atom. The molecule has 0 rings (SSSR count). The maximum atomic E-state index is 13.3. The molecule has 0 saturated carbocycles. The summed E-state index contributed by atoms with van der Waals surface area (Å²) in [5, 5.41) is 14.3. The van der Waals surface area contributed by atoms with E-state index < -0.39 is 0 Å². The number of likely N-dealkylation sites (N-methyl/N-ethyl adjacent to an activating group) is 1. The van der Waals surface area contributed by atoms with Crippen LogP contribution in [0.5, 0.6) is 0 Å². The quantitative estimate of drug-likeness (QED) is 0.0208. The van der Waals surface area contributed by atoms with Crippen LogP contribution in [0.4, 0.5) is 0 Å². The highest BCUT2D eigenvalue weighted by molar-refractivity contribution is 5.81. The van der Waals surface area contributed by atoms with Crippen LogP contribution in [-0.2, 0) is 80.8 Å². The van der Waals surface area contributed by atoms with Gasteiger partial charge in [0.25, 0.3) is 0 Å². The minimum absolute atomic E-state index is 0.0317. The number of nitrogens with zero attached hydrogens (tertiary/aromatic N) is 3. The zero-order valence-electron chi connectivity index (χ0n) is 45.1. The van der Waals surface area contributed by atoms with Gasteiger partial charge in [0, 0.05) is 78.5 Å².